The fraction of sp³-hybridized carbons (Fsp3) is 0.231. The number of hydrogen-bond donors (Lipinski definition) is 3. The highest BCUT2D eigenvalue weighted by molar-refractivity contribution is 7.98. The van der Waals surface area contributed by atoms with Crippen LogP contribution in [0.25, 0.3) is 5.57 Å². The van der Waals surface area contributed by atoms with E-state index in [9.17, 15) is 18.0 Å². The summed E-state index contributed by atoms with van der Waals surface area (Å²) in [6, 6.07) is 11.0. The summed E-state index contributed by atoms with van der Waals surface area (Å²) < 4.78 is 39.0. The summed E-state index contributed by atoms with van der Waals surface area (Å²) in [6.07, 6.45) is 0.457. The largest absolute Gasteiger partial charge is 0.416 e. The Hall–Kier alpha value is -3.86. The number of benzene rings is 2. The number of nitrogens with two attached hydrogens (primary N) is 1. The van der Waals surface area contributed by atoms with Crippen molar-refractivity contribution in [2.45, 2.75) is 32.0 Å². The van der Waals surface area contributed by atoms with Gasteiger partial charge in [0.15, 0.2) is 0 Å². The average Bonchev–Trinajstić information content (AvgIpc) is 2.89. The number of nitrogens with one attached hydrogen (secondary N) is 2. The third kappa shape index (κ3) is 8.07. The number of aryl methyl sites for hydroxylation is 1. The molecule has 0 unspecified atom stereocenters. The monoisotopic (exact) mass is 530 g/mol. The summed E-state index contributed by atoms with van der Waals surface area (Å²) in [5.74, 6) is -0.501. The van der Waals surface area contributed by atoms with E-state index in [-0.39, 0.29) is 11.4 Å². The molecule has 11 heteroatoms. The van der Waals surface area contributed by atoms with Gasteiger partial charge in [-0.3, -0.25) is 4.79 Å². The molecule has 0 radical (unpaired) electrons. The molecule has 7 nitrogen and oxygen atoms in total. The molecule has 0 saturated heterocycles. The average molecular weight is 531 g/mol. The van der Waals surface area contributed by atoms with Crippen molar-refractivity contribution in [2.75, 3.05) is 18.6 Å². The van der Waals surface area contributed by atoms with Gasteiger partial charge in [-0.1, -0.05) is 26.0 Å². The molecule has 37 heavy (non-hydrogen) atoms. The zero-order valence-corrected chi connectivity index (χ0v) is 22.0. The van der Waals surface area contributed by atoms with Crippen molar-refractivity contribution in [3.8, 4) is 0 Å². The summed E-state index contributed by atoms with van der Waals surface area (Å²) in [4.78, 5) is 25.5. The molecule has 4 N–H and O–H groups in total. The molecule has 3 aromatic rings. The summed E-state index contributed by atoms with van der Waals surface area (Å²) in [5.41, 5.74) is 8.03. The van der Waals surface area contributed by atoms with Crippen LogP contribution in [-0.4, -0.2) is 35.0 Å². The predicted octanol–water partition coefficient (Wildman–Crippen LogP) is 6.05. The maximum Gasteiger partial charge on any atom is 0.416 e. The number of carbonyl (C=O) groups excluding carboxylic acids is 1. The Morgan fingerprint density at radius 3 is 2.49 bits per heavy atom. The van der Waals surface area contributed by atoms with Gasteiger partial charge < -0.3 is 16.4 Å². The third-order valence-corrected chi connectivity index (χ3v) is 5.49. The molecule has 0 fully saturated rings. The van der Waals surface area contributed by atoms with Crippen LogP contribution in [0.4, 0.5) is 24.5 Å². The molecule has 196 valence electrons. The van der Waals surface area contributed by atoms with Gasteiger partial charge in [-0.05, 0) is 55.1 Å². The zero-order valence-electron chi connectivity index (χ0n) is 21.1. The highest BCUT2D eigenvalue weighted by Crippen LogP contribution is 2.30. The number of aliphatic imine (C=N–C) groups is 1. The Labute approximate surface area is 218 Å². The molecule has 1 aromatic heterocycles. The van der Waals surface area contributed by atoms with E-state index in [2.05, 4.69) is 25.6 Å². The highest BCUT2D eigenvalue weighted by Gasteiger charge is 2.30. The topological polar surface area (TPSA) is 105 Å². The molecular weight excluding hydrogens is 501 g/mol. The number of aromatic nitrogens is 2. The summed E-state index contributed by atoms with van der Waals surface area (Å²) in [5, 5.41) is 6.30. The Bertz CT molecular complexity index is 1290. The summed E-state index contributed by atoms with van der Waals surface area (Å²) in [7, 11) is 1.72. The lowest BCUT2D eigenvalue weighted by Gasteiger charge is -2.11. The number of carbonyl (C=O) groups is 1. The number of alkyl halides is 3. The lowest BCUT2D eigenvalue weighted by atomic mass is 10.1. The van der Waals surface area contributed by atoms with Crippen molar-refractivity contribution >= 4 is 40.5 Å². The van der Waals surface area contributed by atoms with E-state index >= 15 is 0 Å². The Balaban J connectivity index is 0.00000235. The van der Waals surface area contributed by atoms with E-state index in [0.29, 0.717) is 22.6 Å². The van der Waals surface area contributed by atoms with Gasteiger partial charge in [-0.15, -0.1) is 11.8 Å². The van der Waals surface area contributed by atoms with Crippen LogP contribution in [0.2, 0.25) is 0 Å². The van der Waals surface area contributed by atoms with Crippen LogP contribution in [0.5, 0.6) is 0 Å². The molecule has 0 aliphatic rings. The van der Waals surface area contributed by atoms with E-state index in [1.807, 2.05) is 27.0 Å². The number of thioether (sulfide) groups is 1. The first-order valence-corrected chi connectivity index (χ1v) is 12.5. The molecule has 0 aliphatic heterocycles. The van der Waals surface area contributed by atoms with Crippen molar-refractivity contribution in [2.24, 2.45) is 10.7 Å². The van der Waals surface area contributed by atoms with Crippen molar-refractivity contribution < 1.29 is 18.0 Å². The van der Waals surface area contributed by atoms with E-state index in [4.69, 9.17) is 5.73 Å². The predicted molar refractivity (Wildman–Crippen MR) is 144 cm³/mol. The normalized spacial score (nSPS) is 11.9. The van der Waals surface area contributed by atoms with E-state index < -0.39 is 17.6 Å². The zero-order chi connectivity index (χ0) is 27.6. The van der Waals surface area contributed by atoms with Crippen LogP contribution in [0.1, 0.15) is 41.0 Å². The number of nitrogens with zero attached hydrogens (tertiary/aromatic N) is 3. The standard InChI is InChI=1S/C24H23F3N6OS.C2H6/c1-14-7-8-17(32-23(34)15-5-4-6-16(9-15)24(25,26)27)10-19(14)33-22(28)18(12-29-2)20-11-21(35-3)31-13-30-20;1-2/h4-13,29H,1-3H3,(H2,28,33)(H,32,34);1-2H3/b18-12-;. The molecule has 0 spiro atoms. The molecule has 3 rings (SSSR count). The van der Waals surface area contributed by atoms with Gasteiger partial charge >= 0.3 is 6.18 Å². The first kappa shape index (κ1) is 29.4. The minimum absolute atomic E-state index is 0.113. The second-order valence-electron chi connectivity index (χ2n) is 7.32. The summed E-state index contributed by atoms with van der Waals surface area (Å²) in [6.45, 7) is 5.82. The second kappa shape index (κ2) is 13.4. The van der Waals surface area contributed by atoms with Crippen LogP contribution in [0, 0.1) is 6.92 Å². The Morgan fingerprint density at radius 1 is 1.11 bits per heavy atom. The first-order chi connectivity index (χ1) is 17.6. The maximum atomic E-state index is 13.0. The highest BCUT2D eigenvalue weighted by atomic mass is 32.2. The smallest absolute Gasteiger partial charge is 0.393 e. The van der Waals surface area contributed by atoms with E-state index in [1.54, 1.807) is 37.5 Å². The van der Waals surface area contributed by atoms with Gasteiger partial charge in [0.1, 0.15) is 12.2 Å². The number of amidine groups is 1. The number of rotatable bonds is 7. The lowest BCUT2D eigenvalue weighted by molar-refractivity contribution is -0.137. The minimum atomic E-state index is -4.54. The van der Waals surface area contributed by atoms with Crippen LogP contribution in [-0.2, 0) is 6.18 Å². The minimum Gasteiger partial charge on any atom is -0.393 e. The second-order valence-corrected chi connectivity index (χ2v) is 8.15. The molecule has 1 amide bonds. The van der Waals surface area contributed by atoms with E-state index in [1.165, 1.54) is 30.2 Å². The Kier molecular flexibility index (Phi) is 10.7. The van der Waals surface area contributed by atoms with Gasteiger partial charge in [0.05, 0.1) is 27.5 Å². The number of hydrogen-bond acceptors (Lipinski definition) is 6. The quantitative estimate of drug-likeness (QED) is 0.149. The van der Waals surface area contributed by atoms with Crippen molar-refractivity contribution in [3.05, 3.63) is 83.4 Å². The molecule has 0 saturated carbocycles. The van der Waals surface area contributed by atoms with Crippen LogP contribution in [0.15, 0.2) is 71.1 Å². The number of anilines is 1. The molecular formula is C26H29F3N6OS. The van der Waals surface area contributed by atoms with Gasteiger partial charge in [-0.25, -0.2) is 15.0 Å². The van der Waals surface area contributed by atoms with Gasteiger partial charge in [-0.2, -0.15) is 13.2 Å². The Morgan fingerprint density at radius 2 is 1.84 bits per heavy atom. The van der Waals surface area contributed by atoms with Crippen molar-refractivity contribution in [3.63, 3.8) is 0 Å². The van der Waals surface area contributed by atoms with Crippen LogP contribution < -0.4 is 16.4 Å². The molecule has 0 aliphatic carbocycles. The fourth-order valence-corrected chi connectivity index (χ4v) is 3.44. The first-order valence-electron chi connectivity index (χ1n) is 11.3. The van der Waals surface area contributed by atoms with Gasteiger partial charge in [0.25, 0.3) is 5.91 Å². The molecule has 1 heterocycles. The van der Waals surface area contributed by atoms with Gasteiger partial charge in [0.2, 0.25) is 0 Å². The number of amides is 1. The lowest BCUT2D eigenvalue weighted by Crippen LogP contribution is -2.17. The SMILES string of the molecule is CC.CN/C=C(\C(N)=Nc1cc(NC(=O)c2cccc(C(F)(F)F)c2)ccc1C)c1cc(SC)ncn1. The third-order valence-electron chi connectivity index (χ3n) is 4.85. The maximum absolute atomic E-state index is 13.0. The fourth-order valence-electron chi connectivity index (χ4n) is 3.06. The van der Waals surface area contributed by atoms with Crippen molar-refractivity contribution in [1.82, 2.24) is 15.3 Å². The molecule has 2 aromatic carbocycles. The number of halogens is 3. The summed E-state index contributed by atoms with van der Waals surface area (Å²) >= 11 is 1.46. The molecule has 0 bridgehead atoms. The van der Waals surface area contributed by atoms with Crippen molar-refractivity contribution in [1.29, 1.82) is 0 Å². The van der Waals surface area contributed by atoms with Crippen LogP contribution in [0.3, 0.4) is 0 Å². The molecule has 0 atom stereocenters. The van der Waals surface area contributed by atoms with Crippen LogP contribution >= 0.6 is 11.8 Å². The van der Waals surface area contributed by atoms with Gasteiger partial charge in [0, 0.05) is 24.5 Å². The van der Waals surface area contributed by atoms with E-state index in [0.717, 1.165) is 22.7 Å².